The lowest BCUT2D eigenvalue weighted by atomic mass is 9.94. The second-order valence-corrected chi connectivity index (χ2v) is 4.97. The van der Waals surface area contributed by atoms with Crippen LogP contribution in [0.4, 0.5) is 11.5 Å². The number of piperidine rings is 1. The third kappa shape index (κ3) is 2.43. The summed E-state index contributed by atoms with van der Waals surface area (Å²) in [5.74, 6) is 1.24. The fourth-order valence-corrected chi connectivity index (χ4v) is 2.34. The zero-order valence-corrected chi connectivity index (χ0v) is 10.7. The van der Waals surface area contributed by atoms with E-state index in [9.17, 15) is 10.1 Å². The Bertz CT molecular complexity index is 463. The van der Waals surface area contributed by atoms with Gasteiger partial charge in [-0.05, 0) is 24.8 Å². The molecule has 98 valence electrons. The van der Waals surface area contributed by atoms with E-state index in [2.05, 4.69) is 16.8 Å². The van der Waals surface area contributed by atoms with E-state index >= 15 is 0 Å². The lowest BCUT2D eigenvalue weighted by Gasteiger charge is -2.36. The number of nitrogens with zero attached hydrogens (tertiary/aromatic N) is 3. The summed E-state index contributed by atoms with van der Waals surface area (Å²) in [6.07, 6.45) is 2.25. The highest BCUT2D eigenvalue weighted by atomic mass is 16.6. The fourth-order valence-electron chi connectivity index (χ4n) is 2.34. The molecule has 2 unspecified atom stereocenters. The topological polar surface area (TPSA) is 85.3 Å². The number of aromatic nitrogens is 1. The highest BCUT2D eigenvalue weighted by Crippen LogP contribution is 2.25. The molecule has 2 heterocycles. The van der Waals surface area contributed by atoms with E-state index in [4.69, 9.17) is 5.73 Å². The molecule has 1 aromatic rings. The molecule has 0 aliphatic carbocycles. The van der Waals surface area contributed by atoms with Crippen molar-refractivity contribution in [3.63, 3.8) is 0 Å². The first-order valence-electron chi connectivity index (χ1n) is 6.10. The Morgan fingerprint density at radius 3 is 2.89 bits per heavy atom. The number of nitrogens with two attached hydrogens (primary N) is 1. The van der Waals surface area contributed by atoms with Crippen molar-refractivity contribution < 1.29 is 4.92 Å². The Kier molecular flexibility index (Phi) is 3.47. The number of nitro groups is 1. The summed E-state index contributed by atoms with van der Waals surface area (Å²) < 4.78 is 0. The molecule has 0 bridgehead atoms. The van der Waals surface area contributed by atoms with Crippen LogP contribution in [0.3, 0.4) is 0 Å². The Hall–Kier alpha value is -1.69. The molecule has 2 N–H and O–H groups in total. The minimum Gasteiger partial charge on any atom is -0.356 e. The Morgan fingerprint density at radius 1 is 1.61 bits per heavy atom. The van der Waals surface area contributed by atoms with Crippen LogP contribution in [0.2, 0.25) is 0 Å². The minimum atomic E-state index is -0.418. The first-order chi connectivity index (χ1) is 8.49. The lowest BCUT2D eigenvalue weighted by molar-refractivity contribution is -0.385. The van der Waals surface area contributed by atoms with Gasteiger partial charge in [0.2, 0.25) is 0 Å². The van der Waals surface area contributed by atoms with Gasteiger partial charge in [-0.25, -0.2) is 4.98 Å². The monoisotopic (exact) mass is 250 g/mol. The molecule has 1 fully saturated rings. The van der Waals surface area contributed by atoms with Crippen LogP contribution in [-0.2, 0) is 0 Å². The molecule has 1 aromatic heterocycles. The van der Waals surface area contributed by atoms with E-state index in [0.29, 0.717) is 5.92 Å². The maximum atomic E-state index is 10.7. The minimum absolute atomic E-state index is 0.0398. The molecular weight excluding hydrogens is 232 g/mol. The van der Waals surface area contributed by atoms with Crippen molar-refractivity contribution in [3.8, 4) is 0 Å². The number of anilines is 1. The van der Waals surface area contributed by atoms with Crippen LogP contribution >= 0.6 is 0 Å². The van der Waals surface area contributed by atoms with E-state index in [0.717, 1.165) is 30.9 Å². The van der Waals surface area contributed by atoms with Crippen LogP contribution < -0.4 is 10.6 Å². The number of pyridine rings is 1. The zero-order chi connectivity index (χ0) is 13.3. The molecule has 18 heavy (non-hydrogen) atoms. The van der Waals surface area contributed by atoms with Gasteiger partial charge in [0.25, 0.3) is 5.69 Å². The third-order valence-electron chi connectivity index (χ3n) is 3.52. The molecule has 2 atom stereocenters. The van der Waals surface area contributed by atoms with Gasteiger partial charge >= 0.3 is 0 Å². The predicted octanol–water partition coefficient (Wildman–Crippen LogP) is 1.47. The summed E-state index contributed by atoms with van der Waals surface area (Å²) in [4.78, 5) is 16.6. The average Bonchev–Trinajstić information content (AvgIpc) is 2.32. The van der Waals surface area contributed by atoms with Crippen molar-refractivity contribution in [2.75, 3.05) is 18.0 Å². The number of aryl methyl sites for hydroxylation is 1. The van der Waals surface area contributed by atoms with Gasteiger partial charge in [0.05, 0.1) is 4.92 Å². The largest absolute Gasteiger partial charge is 0.356 e. The Morgan fingerprint density at radius 2 is 2.33 bits per heavy atom. The normalized spacial score (nSPS) is 24.1. The van der Waals surface area contributed by atoms with Gasteiger partial charge in [0.15, 0.2) is 0 Å². The molecule has 0 radical (unpaired) electrons. The Labute approximate surface area is 106 Å². The van der Waals surface area contributed by atoms with Gasteiger partial charge in [-0.1, -0.05) is 6.92 Å². The molecule has 1 aliphatic heterocycles. The third-order valence-corrected chi connectivity index (χ3v) is 3.52. The van der Waals surface area contributed by atoms with Gasteiger partial charge in [0.1, 0.15) is 12.0 Å². The van der Waals surface area contributed by atoms with Gasteiger partial charge in [-0.15, -0.1) is 0 Å². The van der Waals surface area contributed by atoms with Crippen molar-refractivity contribution in [3.05, 3.63) is 27.9 Å². The highest BCUT2D eigenvalue weighted by Gasteiger charge is 2.25. The van der Waals surface area contributed by atoms with Gasteiger partial charge < -0.3 is 10.6 Å². The molecule has 1 aliphatic rings. The van der Waals surface area contributed by atoms with E-state index in [-0.39, 0.29) is 11.7 Å². The second-order valence-electron chi connectivity index (χ2n) is 4.97. The number of hydrogen-bond acceptors (Lipinski definition) is 5. The summed E-state index contributed by atoms with van der Waals surface area (Å²) in [6.45, 7) is 5.69. The van der Waals surface area contributed by atoms with Crippen LogP contribution in [0, 0.1) is 23.0 Å². The Balaban J connectivity index is 2.21. The van der Waals surface area contributed by atoms with Crippen molar-refractivity contribution >= 4 is 11.5 Å². The molecule has 1 saturated heterocycles. The highest BCUT2D eigenvalue weighted by molar-refractivity contribution is 5.50. The van der Waals surface area contributed by atoms with Crippen molar-refractivity contribution in [2.45, 2.75) is 26.3 Å². The van der Waals surface area contributed by atoms with E-state index in [1.165, 1.54) is 6.20 Å². The predicted molar refractivity (Wildman–Crippen MR) is 69.6 cm³/mol. The SMILES string of the molecule is Cc1cc([N+](=O)[O-])cnc1N1CCC(N)C(C)C1. The maximum absolute atomic E-state index is 10.7. The second kappa shape index (κ2) is 4.89. The van der Waals surface area contributed by atoms with E-state index in [1.54, 1.807) is 6.07 Å². The van der Waals surface area contributed by atoms with Crippen LogP contribution in [0.25, 0.3) is 0 Å². The van der Waals surface area contributed by atoms with Gasteiger partial charge in [0, 0.05) is 25.2 Å². The lowest BCUT2D eigenvalue weighted by Crippen LogP contribution is -2.46. The first kappa shape index (κ1) is 12.8. The van der Waals surface area contributed by atoms with Crippen LogP contribution in [0.5, 0.6) is 0 Å². The summed E-state index contributed by atoms with van der Waals surface area (Å²) in [5, 5.41) is 10.7. The van der Waals surface area contributed by atoms with Crippen molar-refractivity contribution in [1.82, 2.24) is 4.98 Å². The molecule has 2 rings (SSSR count). The van der Waals surface area contributed by atoms with Gasteiger partial charge in [-0.2, -0.15) is 0 Å². The van der Waals surface area contributed by atoms with E-state index < -0.39 is 4.92 Å². The molecular formula is C12H18N4O2. The molecule has 6 heteroatoms. The standard InChI is InChI=1S/C12H18N4O2/c1-8-5-10(16(17)18)6-14-12(8)15-4-3-11(13)9(2)7-15/h5-6,9,11H,3-4,7,13H2,1-2H3. The summed E-state index contributed by atoms with van der Waals surface area (Å²) in [6, 6.07) is 1.81. The maximum Gasteiger partial charge on any atom is 0.287 e. The number of rotatable bonds is 2. The van der Waals surface area contributed by atoms with Crippen LogP contribution in [0.1, 0.15) is 18.9 Å². The zero-order valence-electron chi connectivity index (χ0n) is 10.7. The summed E-state index contributed by atoms with van der Waals surface area (Å²) in [5.41, 5.74) is 6.86. The molecule has 0 spiro atoms. The smallest absolute Gasteiger partial charge is 0.287 e. The molecule has 0 aromatic carbocycles. The van der Waals surface area contributed by atoms with Gasteiger partial charge in [-0.3, -0.25) is 10.1 Å². The van der Waals surface area contributed by atoms with Crippen molar-refractivity contribution in [1.29, 1.82) is 0 Å². The molecule has 6 nitrogen and oxygen atoms in total. The molecule has 0 saturated carbocycles. The first-order valence-corrected chi connectivity index (χ1v) is 6.10. The summed E-state index contributed by atoms with van der Waals surface area (Å²) >= 11 is 0. The number of hydrogen-bond donors (Lipinski definition) is 1. The van der Waals surface area contributed by atoms with E-state index in [1.807, 2.05) is 6.92 Å². The average molecular weight is 250 g/mol. The molecule has 0 amide bonds. The quantitative estimate of drug-likeness (QED) is 0.634. The van der Waals surface area contributed by atoms with Crippen LogP contribution in [-0.4, -0.2) is 29.0 Å². The van der Waals surface area contributed by atoms with Crippen molar-refractivity contribution in [2.24, 2.45) is 11.7 Å². The van der Waals surface area contributed by atoms with Crippen LogP contribution in [0.15, 0.2) is 12.3 Å². The fraction of sp³-hybridized carbons (Fsp3) is 0.583. The summed E-state index contributed by atoms with van der Waals surface area (Å²) in [7, 11) is 0.